The Hall–Kier alpha value is -1.58. The third-order valence-corrected chi connectivity index (χ3v) is 5.15. The molecule has 0 aromatic heterocycles. The molecule has 5 nitrogen and oxygen atoms in total. The van der Waals surface area contributed by atoms with Crippen molar-refractivity contribution in [3.8, 4) is 6.07 Å². The van der Waals surface area contributed by atoms with Gasteiger partial charge in [-0.15, -0.1) is 0 Å². The molecule has 0 aliphatic carbocycles. The van der Waals surface area contributed by atoms with Gasteiger partial charge in [0.1, 0.15) is 4.90 Å². The number of rotatable bonds is 6. The van der Waals surface area contributed by atoms with Gasteiger partial charge in [0.2, 0.25) is 10.0 Å². The summed E-state index contributed by atoms with van der Waals surface area (Å²) < 4.78 is 27.3. The van der Waals surface area contributed by atoms with Crippen molar-refractivity contribution in [2.45, 2.75) is 32.6 Å². The fraction of sp³-hybridized carbons (Fsp3) is 0.533. The molecule has 6 heteroatoms. The van der Waals surface area contributed by atoms with Gasteiger partial charge in [0.05, 0.1) is 17.3 Å². The third kappa shape index (κ3) is 4.45. The smallest absolute Gasteiger partial charge is 0.242 e. The molecule has 0 amide bonds. The van der Waals surface area contributed by atoms with Crippen molar-refractivity contribution < 1.29 is 8.42 Å². The summed E-state index contributed by atoms with van der Waals surface area (Å²) in [6.45, 7) is 8.69. The summed E-state index contributed by atoms with van der Waals surface area (Å²) in [5, 5.41) is 8.78. The van der Waals surface area contributed by atoms with E-state index in [1.54, 1.807) is 0 Å². The van der Waals surface area contributed by atoms with Crippen molar-refractivity contribution in [3.05, 3.63) is 23.8 Å². The van der Waals surface area contributed by atoms with Crippen LogP contribution in [-0.2, 0) is 10.0 Å². The fourth-order valence-corrected chi connectivity index (χ4v) is 3.57. The standard InChI is InChI=1S/C15H23N3O2S/c1-10(2)13(11(3)4)9-18-21(19,20)15-6-5-12(8-16)7-14(15)17/h5-7,10-11,13,18H,9,17H2,1-4H3. The Kier molecular flexibility index (Phi) is 5.76. The first kappa shape index (κ1) is 17.5. The Bertz CT molecular complexity index is 623. The Labute approximate surface area is 127 Å². The van der Waals surface area contributed by atoms with Crippen LogP contribution in [0.4, 0.5) is 5.69 Å². The van der Waals surface area contributed by atoms with Crippen LogP contribution in [0.2, 0.25) is 0 Å². The van der Waals surface area contributed by atoms with Gasteiger partial charge in [0.15, 0.2) is 0 Å². The lowest BCUT2D eigenvalue weighted by Gasteiger charge is -2.25. The number of nitriles is 1. The van der Waals surface area contributed by atoms with E-state index in [2.05, 4.69) is 32.4 Å². The van der Waals surface area contributed by atoms with E-state index in [0.29, 0.717) is 23.9 Å². The van der Waals surface area contributed by atoms with E-state index in [1.165, 1.54) is 18.2 Å². The molecule has 0 fully saturated rings. The van der Waals surface area contributed by atoms with E-state index >= 15 is 0 Å². The molecule has 21 heavy (non-hydrogen) atoms. The Balaban J connectivity index is 2.95. The Morgan fingerprint density at radius 3 is 2.24 bits per heavy atom. The molecule has 0 aliphatic heterocycles. The predicted molar refractivity (Wildman–Crippen MR) is 83.9 cm³/mol. The molecule has 1 rings (SSSR count). The molecule has 0 aliphatic rings. The van der Waals surface area contributed by atoms with Crippen molar-refractivity contribution in [1.82, 2.24) is 4.72 Å². The molecule has 0 spiro atoms. The zero-order valence-corrected chi connectivity index (χ0v) is 13.7. The van der Waals surface area contributed by atoms with Crippen LogP contribution in [0, 0.1) is 29.1 Å². The lowest BCUT2D eigenvalue weighted by Crippen LogP contribution is -2.34. The maximum Gasteiger partial charge on any atom is 0.242 e. The van der Waals surface area contributed by atoms with Crippen LogP contribution in [0.3, 0.4) is 0 Å². The molecule has 0 saturated heterocycles. The van der Waals surface area contributed by atoms with Gasteiger partial charge in [-0.1, -0.05) is 27.7 Å². The summed E-state index contributed by atoms with van der Waals surface area (Å²) in [5.74, 6) is 1.01. The molecule has 0 radical (unpaired) electrons. The van der Waals surface area contributed by atoms with Crippen LogP contribution in [0.5, 0.6) is 0 Å². The molecule has 0 heterocycles. The molecule has 0 unspecified atom stereocenters. The summed E-state index contributed by atoms with van der Waals surface area (Å²) in [5.41, 5.74) is 6.17. The zero-order chi connectivity index (χ0) is 16.2. The van der Waals surface area contributed by atoms with Gasteiger partial charge >= 0.3 is 0 Å². The number of nitrogens with two attached hydrogens (primary N) is 1. The number of nitrogen functional groups attached to an aromatic ring is 1. The average molecular weight is 309 g/mol. The topological polar surface area (TPSA) is 96.0 Å². The van der Waals surface area contributed by atoms with Gasteiger partial charge in [-0.3, -0.25) is 0 Å². The number of nitrogens with zero attached hydrogens (tertiary/aromatic N) is 1. The minimum absolute atomic E-state index is 0.0211. The van der Waals surface area contributed by atoms with Gasteiger partial charge < -0.3 is 5.73 Å². The number of hydrogen-bond acceptors (Lipinski definition) is 4. The highest BCUT2D eigenvalue weighted by molar-refractivity contribution is 7.89. The van der Waals surface area contributed by atoms with Crippen LogP contribution in [0.25, 0.3) is 0 Å². The van der Waals surface area contributed by atoms with E-state index in [9.17, 15) is 8.42 Å². The lowest BCUT2D eigenvalue weighted by molar-refractivity contribution is 0.289. The summed E-state index contributed by atoms with van der Waals surface area (Å²) in [6.07, 6.45) is 0. The predicted octanol–water partition coefficient (Wildman–Crippen LogP) is 2.35. The second kappa shape index (κ2) is 6.92. The largest absolute Gasteiger partial charge is 0.398 e. The summed E-state index contributed by atoms with van der Waals surface area (Å²) >= 11 is 0. The maximum absolute atomic E-state index is 12.3. The first-order valence-electron chi connectivity index (χ1n) is 6.98. The molecule has 0 bridgehead atoms. The van der Waals surface area contributed by atoms with E-state index in [0.717, 1.165) is 0 Å². The first-order chi connectivity index (χ1) is 9.69. The van der Waals surface area contributed by atoms with Crippen LogP contribution in [0.1, 0.15) is 33.3 Å². The van der Waals surface area contributed by atoms with Gasteiger partial charge in [-0.2, -0.15) is 5.26 Å². The van der Waals surface area contributed by atoms with Crippen molar-refractivity contribution >= 4 is 15.7 Å². The van der Waals surface area contributed by atoms with Crippen molar-refractivity contribution in [1.29, 1.82) is 5.26 Å². The average Bonchev–Trinajstić information content (AvgIpc) is 2.37. The third-order valence-electron chi connectivity index (χ3n) is 3.65. The normalized spacial score (nSPS) is 12.1. The zero-order valence-electron chi connectivity index (χ0n) is 12.9. The van der Waals surface area contributed by atoms with E-state index < -0.39 is 10.0 Å². The van der Waals surface area contributed by atoms with Crippen LogP contribution in [0.15, 0.2) is 23.1 Å². The first-order valence-corrected chi connectivity index (χ1v) is 8.46. The van der Waals surface area contributed by atoms with Crippen molar-refractivity contribution in [2.75, 3.05) is 12.3 Å². The van der Waals surface area contributed by atoms with Crippen molar-refractivity contribution in [2.24, 2.45) is 17.8 Å². The van der Waals surface area contributed by atoms with Crippen molar-refractivity contribution in [3.63, 3.8) is 0 Å². The SMILES string of the molecule is CC(C)C(CNS(=O)(=O)c1ccc(C#N)cc1N)C(C)C. The highest BCUT2D eigenvalue weighted by Crippen LogP contribution is 2.22. The number of hydrogen-bond donors (Lipinski definition) is 2. The number of benzene rings is 1. The van der Waals surface area contributed by atoms with E-state index in [1.807, 2.05) is 6.07 Å². The Morgan fingerprint density at radius 2 is 1.81 bits per heavy atom. The molecule has 0 atom stereocenters. The van der Waals surface area contributed by atoms with Crippen LogP contribution >= 0.6 is 0 Å². The minimum Gasteiger partial charge on any atom is -0.398 e. The quantitative estimate of drug-likeness (QED) is 0.788. The van der Waals surface area contributed by atoms with E-state index in [-0.39, 0.29) is 16.5 Å². The highest BCUT2D eigenvalue weighted by atomic mass is 32.2. The van der Waals surface area contributed by atoms with Gasteiger partial charge in [-0.25, -0.2) is 13.1 Å². The monoisotopic (exact) mass is 309 g/mol. The van der Waals surface area contributed by atoms with E-state index in [4.69, 9.17) is 11.0 Å². The summed E-state index contributed by atoms with van der Waals surface area (Å²) in [4.78, 5) is 0.0211. The number of anilines is 1. The highest BCUT2D eigenvalue weighted by Gasteiger charge is 2.23. The second-order valence-electron chi connectivity index (χ2n) is 5.87. The minimum atomic E-state index is -3.66. The number of nitrogens with one attached hydrogen (secondary N) is 1. The van der Waals surface area contributed by atoms with Gasteiger partial charge in [0.25, 0.3) is 0 Å². The number of sulfonamides is 1. The lowest BCUT2D eigenvalue weighted by atomic mass is 9.86. The molecule has 3 N–H and O–H groups in total. The van der Waals surface area contributed by atoms with Gasteiger partial charge in [0, 0.05) is 6.54 Å². The molecular formula is C15H23N3O2S. The molecule has 0 saturated carbocycles. The van der Waals surface area contributed by atoms with Crippen LogP contribution < -0.4 is 10.5 Å². The molecule has 116 valence electrons. The fourth-order valence-electron chi connectivity index (χ4n) is 2.39. The molecule has 1 aromatic carbocycles. The maximum atomic E-state index is 12.3. The molecular weight excluding hydrogens is 286 g/mol. The summed E-state index contributed by atoms with van der Waals surface area (Å²) in [7, 11) is -3.66. The van der Waals surface area contributed by atoms with Gasteiger partial charge in [-0.05, 0) is 36.0 Å². The Morgan fingerprint density at radius 1 is 1.24 bits per heavy atom. The second-order valence-corrected chi connectivity index (χ2v) is 7.60. The van der Waals surface area contributed by atoms with Crippen LogP contribution in [-0.4, -0.2) is 15.0 Å². The summed E-state index contributed by atoms with van der Waals surface area (Å²) in [6, 6.07) is 6.13. The molecule has 1 aromatic rings.